The van der Waals surface area contributed by atoms with Crippen molar-refractivity contribution in [3.05, 3.63) is 125 Å². The number of aliphatic hydroxyl groups is 1. The molecule has 3 heterocycles. The van der Waals surface area contributed by atoms with E-state index in [4.69, 9.17) is 9.47 Å². The standard InChI is InChI=1S/C40H47N3O5S/c44-29-30-14-16-32(17-15-30)39-25-36(28-43-24-8-10-35(43)27-42-22-6-7-23-42)47-40(48-39)33-20-18-31(19-21-33)38-13-5-4-9-34(38)26-41-49(45,46)37-11-2-1-3-12-37/h1-5,9,11-21,35-36,39-41,44H,6-8,10,22-29H2/t35-,36-,39+,40+/m0/s1. The fourth-order valence-corrected chi connectivity index (χ4v) is 8.56. The lowest BCUT2D eigenvalue weighted by atomic mass is 9.97. The molecule has 0 aliphatic carbocycles. The summed E-state index contributed by atoms with van der Waals surface area (Å²) < 4.78 is 42.0. The number of hydrogen-bond donors (Lipinski definition) is 2. The van der Waals surface area contributed by atoms with Crippen molar-refractivity contribution in [2.24, 2.45) is 0 Å². The normalized spacial score (nSPS) is 23.6. The van der Waals surface area contributed by atoms with E-state index in [-0.39, 0.29) is 30.3 Å². The Balaban J connectivity index is 1.08. The first-order valence-electron chi connectivity index (χ1n) is 17.6. The van der Waals surface area contributed by atoms with E-state index in [0.717, 1.165) is 59.4 Å². The van der Waals surface area contributed by atoms with E-state index >= 15 is 0 Å². The quantitative estimate of drug-likeness (QED) is 0.178. The molecule has 258 valence electrons. The summed E-state index contributed by atoms with van der Waals surface area (Å²) in [6.45, 7) is 5.77. The average Bonchev–Trinajstić information content (AvgIpc) is 3.83. The second-order valence-electron chi connectivity index (χ2n) is 13.6. The third kappa shape index (κ3) is 8.32. The third-order valence-corrected chi connectivity index (χ3v) is 11.7. The molecule has 9 heteroatoms. The maximum absolute atomic E-state index is 12.9. The van der Waals surface area contributed by atoms with Crippen molar-refractivity contribution in [3.63, 3.8) is 0 Å². The van der Waals surface area contributed by atoms with Crippen LogP contribution in [0, 0.1) is 0 Å². The Morgan fingerprint density at radius 1 is 0.755 bits per heavy atom. The van der Waals surface area contributed by atoms with E-state index < -0.39 is 16.3 Å². The topological polar surface area (TPSA) is 91.3 Å². The number of sulfonamides is 1. The molecule has 0 radical (unpaired) electrons. The first-order valence-corrected chi connectivity index (χ1v) is 19.1. The van der Waals surface area contributed by atoms with E-state index in [1.165, 1.54) is 38.8 Å². The van der Waals surface area contributed by atoms with E-state index in [0.29, 0.717) is 6.04 Å². The predicted molar refractivity (Wildman–Crippen MR) is 191 cm³/mol. The van der Waals surface area contributed by atoms with Gasteiger partial charge in [0, 0.05) is 37.7 Å². The molecule has 0 unspecified atom stereocenters. The summed E-state index contributed by atoms with van der Waals surface area (Å²) in [5.41, 5.74) is 5.77. The first kappa shape index (κ1) is 34.1. The van der Waals surface area contributed by atoms with Crippen molar-refractivity contribution in [2.45, 2.75) is 74.7 Å². The van der Waals surface area contributed by atoms with Crippen LogP contribution in [0.2, 0.25) is 0 Å². The fraction of sp³-hybridized carbons (Fsp3) is 0.400. The zero-order chi connectivity index (χ0) is 33.6. The molecule has 3 saturated heterocycles. The lowest BCUT2D eigenvalue weighted by Crippen LogP contribution is -2.45. The summed E-state index contributed by atoms with van der Waals surface area (Å²) in [6, 6.07) is 33.2. The molecule has 0 aromatic heterocycles. The zero-order valence-corrected chi connectivity index (χ0v) is 28.8. The number of hydrogen-bond acceptors (Lipinski definition) is 7. The smallest absolute Gasteiger partial charge is 0.240 e. The molecule has 7 rings (SSSR count). The molecule has 0 saturated carbocycles. The second kappa shape index (κ2) is 15.6. The summed E-state index contributed by atoms with van der Waals surface area (Å²) in [7, 11) is -3.64. The summed E-state index contributed by atoms with van der Waals surface area (Å²) in [4.78, 5) is 5.51. The van der Waals surface area contributed by atoms with Crippen molar-refractivity contribution in [1.29, 1.82) is 0 Å². The highest BCUT2D eigenvalue weighted by molar-refractivity contribution is 7.89. The number of nitrogens with one attached hydrogen (secondary N) is 1. The van der Waals surface area contributed by atoms with Gasteiger partial charge in [-0.1, -0.05) is 91.0 Å². The van der Waals surface area contributed by atoms with Crippen molar-refractivity contribution < 1.29 is 23.0 Å². The van der Waals surface area contributed by atoms with Crippen LogP contribution >= 0.6 is 0 Å². The number of likely N-dealkylation sites (tertiary alicyclic amines) is 2. The molecule has 8 nitrogen and oxygen atoms in total. The van der Waals surface area contributed by atoms with Crippen LogP contribution in [0.15, 0.2) is 108 Å². The maximum Gasteiger partial charge on any atom is 0.240 e. The SMILES string of the molecule is O=S(=O)(NCc1ccccc1-c1ccc([C@@H]2O[C@H](CN3CCC[C@H]3CN3CCCC3)C[C@H](c3ccc(CO)cc3)O2)cc1)c1ccccc1. The summed E-state index contributed by atoms with van der Waals surface area (Å²) in [5, 5.41) is 9.60. The zero-order valence-electron chi connectivity index (χ0n) is 28.0. The minimum absolute atomic E-state index is 0.0125. The number of rotatable bonds is 12. The van der Waals surface area contributed by atoms with E-state index in [2.05, 4.69) is 50.9 Å². The maximum atomic E-state index is 12.9. The molecular weight excluding hydrogens is 635 g/mol. The van der Waals surface area contributed by atoms with Crippen LogP contribution in [-0.4, -0.2) is 68.2 Å². The summed E-state index contributed by atoms with van der Waals surface area (Å²) in [5.74, 6) is 0. The molecule has 0 amide bonds. The molecule has 2 N–H and O–H groups in total. The van der Waals surface area contributed by atoms with Crippen molar-refractivity contribution >= 4 is 10.0 Å². The van der Waals surface area contributed by atoms with Gasteiger partial charge in [0.05, 0.1) is 23.7 Å². The molecule has 0 spiro atoms. The van der Waals surface area contributed by atoms with Gasteiger partial charge in [-0.15, -0.1) is 0 Å². The minimum atomic E-state index is -3.64. The molecule has 4 atom stereocenters. The Morgan fingerprint density at radius 3 is 2.22 bits per heavy atom. The van der Waals surface area contributed by atoms with Crippen LogP contribution in [0.3, 0.4) is 0 Å². The molecular formula is C40H47N3O5S. The fourth-order valence-electron chi connectivity index (χ4n) is 7.53. The summed E-state index contributed by atoms with van der Waals surface area (Å²) >= 11 is 0. The largest absolute Gasteiger partial charge is 0.392 e. The van der Waals surface area contributed by atoms with Crippen molar-refractivity contribution in [2.75, 3.05) is 32.7 Å². The molecule has 3 aliphatic rings. The molecule has 49 heavy (non-hydrogen) atoms. The first-order chi connectivity index (χ1) is 23.9. The van der Waals surface area contributed by atoms with Crippen LogP contribution in [0.5, 0.6) is 0 Å². The van der Waals surface area contributed by atoms with Crippen molar-refractivity contribution in [3.8, 4) is 11.1 Å². The molecule has 4 aromatic rings. The van der Waals surface area contributed by atoms with Crippen molar-refractivity contribution in [1.82, 2.24) is 14.5 Å². The number of ether oxygens (including phenoxy) is 2. The Labute approximate surface area is 290 Å². The van der Waals surface area contributed by atoms with Gasteiger partial charge < -0.3 is 19.5 Å². The van der Waals surface area contributed by atoms with Crippen LogP contribution in [-0.2, 0) is 32.6 Å². The van der Waals surface area contributed by atoms with Gasteiger partial charge in [0.15, 0.2) is 6.29 Å². The Bertz CT molecular complexity index is 1760. The minimum Gasteiger partial charge on any atom is -0.392 e. The third-order valence-electron chi connectivity index (χ3n) is 10.2. The molecule has 0 bridgehead atoms. The highest BCUT2D eigenvalue weighted by Crippen LogP contribution is 2.39. The van der Waals surface area contributed by atoms with Crippen LogP contribution in [0.25, 0.3) is 11.1 Å². The highest BCUT2D eigenvalue weighted by atomic mass is 32.2. The summed E-state index contributed by atoms with van der Waals surface area (Å²) in [6.07, 6.45) is 5.22. The van der Waals surface area contributed by atoms with Gasteiger partial charge in [0.2, 0.25) is 10.0 Å². The van der Waals surface area contributed by atoms with E-state index in [1.807, 2.05) is 36.4 Å². The van der Waals surface area contributed by atoms with E-state index in [1.54, 1.807) is 30.3 Å². The predicted octanol–water partition coefficient (Wildman–Crippen LogP) is 6.43. The van der Waals surface area contributed by atoms with Crippen LogP contribution in [0.4, 0.5) is 0 Å². The monoisotopic (exact) mass is 681 g/mol. The average molecular weight is 682 g/mol. The van der Waals surface area contributed by atoms with Crippen LogP contribution in [0.1, 0.15) is 66.8 Å². The van der Waals surface area contributed by atoms with Gasteiger partial charge in [0.25, 0.3) is 0 Å². The van der Waals surface area contributed by atoms with Gasteiger partial charge in [-0.25, -0.2) is 13.1 Å². The number of benzene rings is 4. The lowest BCUT2D eigenvalue weighted by molar-refractivity contribution is -0.253. The highest BCUT2D eigenvalue weighted by Gasteiger charge is 2.36. The van der Waals surface area contributed by atoms with Crippen LogP contribution < -0.4 is 4.72 Å². The molecule has 4 aromatic carbocycles. The van der Waals surface area contributed by atoms with Gasteiger partial charge >= 0.3 is 0 Å². The molecule has 3 fully saturated rings. The van der Waals surface area contributed by atoms with Gasteiger partial charge in [0.1, 0.15) is 0 Å². The Hall–Kier alpha value is -3.41. The second-order valence-corrected chi connectivity index (χ2v) is 15.3. The molecule has 3 aliphatic heterocycles. The number of aliphatic hydroxyl groups excluding tert-OH is 1. The van der Waals surface area contributed by atoms with E-state index in [9.17, 15) is 13.5 Å². The Kier molecular flexibility index (Phi) is 10.9. The lowest BCUT2D eigenvalue weighted by Gasteiger charge is -2.39. The van der Waals surface area contributed by atoms with Gasteiger partial charge in [-0.2, -0.15) is 0 Å². The number of nitrogens with zero attached hydrogens (tertiary/aromatic N) is 2. The Morgan fingerprint density at radius 2 is 1.47 bits per heavy atom. The van der Waals surface area contributed by atoms with Gasteiger partial charge in [-0.3, -0.25) is 4.90 Å². The van der Waals surface area contributed by atoms with Gasteiger partial charge in [-0.05, 0) is 85.3 Å².